The van der Waals surface area contributed by atoms with E-state index in [0.717, 1.165) is 0 Å². The van der Waals surface area contributed by atoms with Gasteiger partial charge in [-0.25, -0.2) is 14.6 Å². The molecule has 4 N–H and O–H groups in total. The number of amides is 3. The summed E-state index contributed by atoms with van der Waals surface area (Å²) in [5.74, 6) is -1.60. The number of nitrogens with zero attached hydrogens (tertiary/aromatic N) is 1. The van der Waals surface area contributed by atoms with Crippen LogP contribution in [0.5, 0.6) is 0 Å². The first-order valence-corrected chi connectivity index (χ1v) is 6.23. The number of nitrogens with one attached hydrogen (secondary N) is 3. The van der Waals surface area contributed by atoms with Crippen molar-refractivity contribution in [2.75, 3.05) is 11.9 Å². The van der Waals surface area contributed by atoms with Crippen molar-refractivity contribution < 1.29 is 19.5 Å². The number of anilines is 1. The lowest BCUT2D eigenvalue weighted by atomic mass is 10.1. The van der Waals surface area contributed by atoms with E-state index in [1.165, 1.54) is 18.3 Å². The molecule has 1 aromatic rings. The molecule has 0 aliphatic rings. The number of carboxylic acids is 1. The molecule has 0 fully saturated rings. The van der Waals surface area contributed by atoms with Crippen molar-refractivity contribution in [3.63, 3.8) is 0 Å². The van der Waals surface area contributed by atoms with E-state index in [1.807, 2.05) is 20.8 Å². The zero-order chi connectivity index (χ0) is 16.0. The lowest BCUT2D eigenvalue weighted by molar-refractivity contribution is -0.121. The lowest BCUT2D eigenvalue weighted by Gasteiger charge is -2.20. The smallest absolute Gasteiger partial charge is 0.356 e. The second kappa shape index (κ2) is 6.69. The van der Waals surface area contributed by atoms with E-state index in [2.05, 4.69) is 20.9 Å². The van der Waals surface area contributed by atoms with Crippen LogP contribution in [0.2, 0.25) is 0 Å². The molecule has 1 aromatic heterocycles. The SMILES string of the molecule is CC(C)(C)NC(=O)CNC(=O)Nc1cccnc1C(=O)O. The van der Waals surface area contributed by atoms with E-state index in [0.29, 0.717) is 0 Å². The largest absolute Gasteiger partial charge is 0.476 e. The van der Waals surface area contributed by atoms with Crippen molar-refractivity contribution in [1.82, 2.24) is 15.6 Å². The van der Waals surface area contributed by atoms with E-state index >= 15 is 0 Å². The molecule has 21 heavy (non-hydrogen) atoms. The minimum atomic E-state index is -1.25. The normalized spacial score (nSPS) is 10.6. The van der Waals surface area contributed by atoms with Gasteiger partial charge >= 0.3 is 12.0 Å². The van der Waals surface area contributed by atoms with Gasteiger partial charge in [0.2, 0.25) is 5.91 Å². The Morgan fingerprint density at radius 1 is 1.29 bits per heavy atom. The molecule has 3 amide bonds. The Balaban J connectivity index is 2.55. The molecule has 0 aromatic carbocycles. The van der Waals surface area contributed by atoms with E-state index < -0.39 is 17.5 Å². The number of carbonyl (C=O) groups excluding carboxylic acids is 2. The Morgan fingerprint density at radius 2 is 1.95 bits per heavy atom. The fraction of sp³-hybridized carbons (Fsp3) is 0.385. The summed E-state index contributed by atoms with van der Waals surface area (Å²) in [5.41, 5.74) is -0.611. The molecule has 0 aliphatic carbocycles. The summed E-state index contributed by atoms with van der Waals surface area (Å²) in [6.45, 7) is 5.24. The van der Waals surface area contributed by atoms with Crippen LogP contribution in [-0.4, -0.2) is 40.1 Å². The van der Waals surface area contributed by atoms with Gasteiger partial charge in [-0.3, -0.25) is 4.79 Å². The molecular formula is C13H18N4O4. The average molecular weight is 294 g/mol. The zero-order valence-electron chi connectivity index (χ0n) is 12.1. The molecule has 0 bridgehead atoms. The fourth-order valence-corrected chi connectivity index (χ4v) is 1.47. The van der Waals surface area contributed by atoms with Gasteiger partial charge in [0.05, 0.1) is 12.2 Å². The summed E-state index contributed by atoms with van der Waals surface area (Å²) in [6.07, 6.45) is 1.31. The molecule has 0 aliphatic heterocycles. The first-order chi connectivity index (χ1) is 9.69. The fourth-order valence-electron chi connectivity index (χ4n) is 1.47. The number of aromatic carboxylic acids is 1. The summed E-state index contributed by atoms with van der Waals surface area (Å²) in [4.78, 5) is 37.7. The Kier molecular flexibility index (Phi) is 5.23. The van der Waals surface area contributed by atoms with Gasteiger partial charge in [0.25, 0.3) is 0 Å². The predicted octanol–water partition coefficient (Wildman–Crippen LogP) is 0.816. The van der Waals surface area contributed by atoms with Crippen LogP contribution in [0.1, 0.15) is 31.3 Å². The van der Waals surface area contributed by atoms with Crippen LogP contribution in [0.15, 0.2) is 18.3 Å². The highest BCUT2D eigenvalue weighted by Gasteiger charge is 2.16. The molecule has 0 atom stereocenters. The van der Waals surface area contributed by atoms with Crippen LogP contribution in [-0.2, 0) is 4.79 Å². The van der Waals surface area contributed by atoms with Gasteiger partial charge in [0, 0.05) is 11.7 Å². The van der Waals surface area contributed by atoms with Gasteiger partial charge in [0.1, 0.15) is 0 Å². The van der Waals surface area contributed by atoms with E-state index in [-0.39, 0.29) is 23.8 Å². The number of hydrogen-bond donors (Lipinski definition) is 4. The first-order valence-electron chi connectivity index (χ1n) is 6.23. The van der Waals surface area contributed by atoms with Crippen LogP contribution in [0.4, 0.5) is 10.5 Å². The van der Waals surface area contributed by atoms with Gasteiger partial charge in [-0.1, -0.05) is 0 Å². The molecule has 1 rings (SSSR count). The summed E-state index contributed by atoms with van der Waals surface area (Å²) in [6, 6.07) is 2.22. The van der Waals surface area contributed by atoms with Gasteiger partial charge < -0.3 is 21.1 Å². The predicted molar refractivity (Wildman–Crippen MR) is 76.1 cm³/mol. The maximum atomic E-state index is 11.6. The molecule has 114 valence electrons. The van der Waals surface area contributed by atoms with Crippen molar-refractivity contribution in [3.8, 4) is 0 Å². The third kappa shape index (κ3) is 5.89. The molecule has 0 unspecified atom stereocenters. The Labute approximate surface area is 121 Å². The number of pyridine rings is 1. The Morgan fingerprint density at radius 3 is 2.52 bits per heavy atom. The van der Waals surface area contributed by atoms with Crippen molar-refractivity contribution in [1.29, 1.82) is 0 Å². The number of rotatable bonds is 4. The summed E-state index contributed by atoms with van der Waals surface area (Å²) >= 11 is 0. The molecule has 0 radical (unpaired) electrons. The summed E-state index contributed by atoms with van der Waals surface area (Å²) in [7, 11) is 0. The molecule has 0 spiro atoms. The van der Waals surface area contributed by atoms with Crippen molar-refractivity contribution >= 4 is 23.6 Å². The highest BCUT2D eigenvalue weighted by atomic mass is 16.4. The number of carbonyl (C=O) groups is 3. The molecule has 8 heteroatoms. The Bertz CT molecular complexity index is 551. The molecule has 8 nitrogen and oxygen atoms in total. The quantitative estimate of drug-likeness (QED) is 0.655. The summed E-state index contributed by atoms with van der Waals surface area (Å²) < 4.78 is 0. The monoisotopic (exact) mass is 294 g/mol. The topological polar surface area (TPSA) is 120 Å². The van der Waals surface area contributed by atoms with Gasteiger partial charge in [0.15, 0.2) is 5.69 Å². The van der Waals surface area contributed by atoms with Crippen LogP contribution in [0.3, 0.4) is 0 Å². The van der Waals surface area contributed by atoms with E-state index in [1.54, 1.807) is 0 Å². The van der Waals surface area contributed by atoms with E-state index in [4.69, 9.17) is 5.11 Å². The molecule has 1 heterocycles. The number of hydrogen-bond acceptors (Lipinski definition) is 4. The highest BCUT2D eigenvalue weighted by molar-refractivity contribution is 5.99. The minimum Gasteiger partial charge on any atom is -0.476 e. The van der Waals surface area contributed by atoms with E-state index in [9.17, 15) is 14.4 Å². The summed E-state index contributed by atoms with van der Waals surface area (Å²) in [5, 5.41) is 16.3. The second-order valence-electron chi connectivity index (χ2n) is 5.31. The maximum absolute atomic E-state index is 11.6. The third-order valence-corrected chi connectivity index (χ3v) is 2.18. The molecule has 0 saturated heterocycles. The standard InChI is InChI=1S/C13H18N4O4/c1-13(2,3)17-9(18)7-15-12(21)16-8-5-4-6-14-10(8)11(19)20/h4-6H,7H2,1-3H3,(H,17,18)(H,19,20)(H2,15,16,21). The van der Waals surface area contributed by atoms with Crippen molar-refractivity contribution in [2.45, 2.75) is 26.3 Å². The molecular weight excluding hydrogens is 276 g/mol. The first kappa shape index (κ1) is 16.4. The zero-order valence-corrected chi connectivity index (χ0v) is 12.1. The number of carboxylic acid groups (broad SMARTS) is 1. The minimum absolute atomic E-state index is 0.0544. The van der Waals surface area contributed by atoms with Gasteiger partial charge in [-0.15, -0.1) is 0 Å². The van der Waals surface area contributed by atoms with Crippen LogP contribution in [0.25, 0.3) is 0 Å². The van der Waals surface area contributed by atoms with Crippen LogP contribution in [0, 0.1) is 0 Å². The van der Waals surface area contributed by atoms with Crippen LogP contribution >= 0.6 is 0 Å². The van der Waals surface area contributed by atoms with Crippen LogP contribution < -0.4 is 16.0 Å². The van der Waals surface area contributed by atoms with Crippen molar-refractivity contribution in [3.05, 3.63) is 24.0 Å². The van der Waals surface area contributed by atoms with Crippen molar-refractivity contribution in [2.24, 2.45) is 0 Å². The number of urea groups is 1. The maximum Gasteiger partial charge on any atom is 0.356 e. The highest BCUT2D eigenvalue weighted by Crippen LogP contribution is 2.11. The second-order valence-corrected chi connectivity index (χ2v) is 5.31. The lowest BCUT2D eigenvalue weighted by Crippen LogP contribution is -2.46. The van der Waals surface area contributed by atoms with Gasteiger partial charge in [-0.2, -0.15) is 0 Å². The average Bonchev–Trinajstić information content (AvgIpc) is 2.35. The third-order valence-electron chi connectivity index (χ3n) is 2.18. The molecule has 0 saturated carbocycles. The Hall–Kier alpha value is -2.64. The van der Waals surface area contributed by atoms with Gasteiger partial charge in [-0.05, 0) is 32.9 Å². The number of aromatic nitrogens is 1.